The summed E-state index contributed by atoms with van der Waals surface area (Å²) in [6.45, 7) is 7.60. The van der Waals surface area contributed by atoms with Gasteiger partial charge in [-0.1, -0.05) is 6.92 Å². The highest BCUT2D eigenvalue weighted by Crippen LogP contribution is 2.13. The second-order valence-corrected chi connectivity index (χ2v) is 5.34. The van der Waals surface area contributed by atoms with E-state index in [0.717, 1.165) is 19.1 Å². The molecule has 1 N–H and O–H groups in total. The Morgan fingerprint density at radius 1 is 1.43 bits per heavy atom. The third-order valence-corrected chi connectivity index (χ3v) is 3.81. The van der Waals surface area contributed by atoms with Crippen molar-refractivity contribution in [3.8, 4) is 0 Å². The summed E-state index contributed by atoms with van der Waals surface area (Å²) < 4.78 is 5.34. The molecule has 0 bridgehead atoms. The Bertz CT molecular complexity index is 137. The average molecular weight is 217 g/mol. The molecule has 0 amide bonds. The van der Waals surface area contributed by atoms with Crippen LogP contribution < -0.4 is 5.32 Å². The standard InChI is InChI=1S/C11H23NOS/c1-3-14-9-10(2)12-8-11-4-6-13-7-5-11/h10-12H,3-9H2,1-2H3. The van der Waals surface area contributed by atoms with Gasteiger partial charge < -0.3 is 10.1 Å². The van der Waals surface area contributed by atoms with Gasteiger partial charge >= 0.3 is 0 Å². The zero-order valence-electron chi connectivity index (χ0n) is 9.42. The molecular formula is C11H23NOS. The molecule has 1 saturated heterocycles. The Labute approximate surface area is 92.2 Å². The van der Waals surface area contributed by atoms with E-state index in [-0.39, 0.29) is 0 Å². The maximum atomic E-state index is 5.34. The first-order valence-corrected chi connectivity index (χ1v) is 6.87. The summed E-state index contributed by atoms with van der Waals surface area (Å²) in [6.07, 6.45) is 2.47. The summed E-state index contributed by atoms with van der Waals surface area (Å²) in [5.74, 6) is 3.31. The first-order chi connectivity index (χ1) is 6.83. The van der Waals surface area contributed by atoms with Crippen LogP contribution in [0.5, 0.6) is 0 Å². The maximum Gasteiger partial charge on any atom is 0.0469 e. The summed E-state index contributed by atoms with van der Waals surface area (Å²) in [6, 6.07) is 0.655. The third-order valence-electron chi connectivity index (χ3n) is 2.67. The van der Waals surface area contributed by atoms with Gasteiger partial charge in [-0.05, 0) is 38.0 Å². The molecule has 84 valence electrons. The minimum Gasteiger partial charge on any atom is -0.381 e. The van der Waals surface area contributed by atoms with Crippen LogP contribution in [0.15, 0.2) is 0 Å². The van der Waals surface area contributed by atoms with Gasteiger partial charge in [-0.15, -0.1) is 0 Å². The number of rotatable bonds is 6. The van der Waals surface area contributed by atoms with Crippen LogP contribution in [0.2, 0.25) is 0 Å². The number of thioether (sulfide) groups is 1. The van der Waals surface area contributed by atoms with Crippen LogP contribution in [-0.4, -0.2) is 37.3 Å². The highest BCUT2D eigenvalue weighted by atomic mass is 32.2. The van der Waals surface area contributed by atoms with E-state index >= 15 is 0 Å². The van der Waals surface area contributed by atoms with E-state index in [0.29, 0.717) is 6.04 Å². The fraction of sp³-hybridized carbons (Fsp3) is 1.00. The third kappa shape index (κ3) is 5.23. The largest absolute Gasteiger partial charge is 0.381 e. The van der Waals surface area contributed by atoms with E-state index in [4.69, 9.17) is 4.74 Å². The lowest BCUT2D eigenvalue weighted by Crippen LogP contribution is -2.35. The van der Waals surface area contributed by atoms with E-state index in [2.05, 4.69) is 19.2 Å². The van der Waals surface area contributed by atoms with Crippen LogP contribution in [0.25, 0.3) is 0 Å². The van der Waals surface area contributed by atoms with Gasteiger partial charge in [0.25, 0.3) is 0 Å². The van der Waals surface area contributed by atoms with Crippen molar-refractivity contribution in [2.45, 2.75) is 32.7 Å². The van der Waals surface area contributed by atoms with Gasteiger partial charge in [-0.25, -0.2) is 0 Å². The van der Waals surface area contributed by atoms with Gasteiger partial charge in [-0.2, -0.15) is 11.8 Å². The van der Waals surface area contributed by atoms with Gasteiger partial charge in [0.2, 0.25) is 0 Å². The van der Waals surface area contributed by atoms with Crippen LogP contribution in [0.3, 0.4) is 0 Å². The Morgan fingerprint density at radius 3 is 2.79 bits per heavy atom. The fourth-order valence-electron chi connectivity index (χ4n) is 1.67. The van der Waals surface area contributed by atoms with Gasteiger partial charge in [-0.3, -0.25) is 0 Å². The van der Waals surface area contributed by atoms with Crippen LogP contribution in [0.1, 0.15) is 26.7 Å². The summed E-state index contributed by atoms with van der Waals surface area (Å²) in [5.41, 5.74) is 0. The first kappa shape index (κ1) is 12.3. The zero-order valence-corrected chi connectivity index (χ0v) is 10.2. The molecular weight excluding hydrogens is 194 g/mol. The zero-order chi connectivity index (χ0) is 10.2. The average Bonchev–Trinajstić information content (AvgIpc) is 2.25. The summed E-state index contributed by atoms with van der Waals surface area (Å²) in [5, 5.41) is 3.61. The molecule has 0 aromatic carbocycles. The van der Waals surface area contributed by atoms with E-state index in [1.807, 2.05) is 11.8 Å². The SMILES string of the molecule is CCSCC(C)NCC1CCOCC1. The molecule has 1 fully saturated rings. The molecule has 1 rings (SSSR count). The van der Waals surface area contributed by atoms with Crippen molar-refractivity contribution in [2.24, 2.45) is 5.92 Å². The van der Waals surface area contributed by atoms with Crippen LogP contribution in [-0.2, 0) is 4.74 Å². The smallest absolute Gasteiger partial charge is 0.0469 e. The van der Waals surface area contributed by atoms with Gasteiger partial charge in [0.15, 0.2) is 0 Å². The lowest BCUT2D eigenvalue weighted by molar-refractivity contribution is 0.0658. The molecule has 0 aromatic rings. The molecule has 0 saturated carbocycles. The van der Waals surface area contributed by atoms with Crippen LogP contribution in [0, 0.1) is 5.92 Å². The molecule has 0 aromatic heterocycles. The number of ether oxygens (including phenoxy) is 1. The summed E-state index contributed by atoms with van der Waals surface area (Å²) >= 11 is 2.02. The number of hydrogen-bond acceptors (Lipinski definition) is 3. The number of hydrogen-bond donors (Lipinski definition) is 1. The lowest BCUT2D eigenvalue weighted by atomic mass is 10.0. The van der Waals surface area contributed by atoms with Gasteiger partial charge in [0, 0.05) is 25.0 Å². The number of nitrogens with one attached hydrogen (secondary N) is 1. The first-order valence-electron chi connectivity index (χ1n) is 5.71. The topological polar surface area (TPSA) is 21.3 Å². The van der Waals surface area contributed by atoms with Crippen LogP contribution >= 0.6 is 11.8 Å². The van der Waals surface area contributed by atoms with Crippen molar-refractivity contribution in [1.29, 1.82) is 0 Å². The minimum atomic E-state index is 0.655. The van der Waals surface area contributed by atoms with Crippen LogP contribution in [0.4, 0.5) is 0 Å². The Kier molecular flexibility index (Phi) is 6.65. The van der Waals surface area contributed by atoms with E-state index < -0.39 is 0 Å². The predicted molar refractivity (Wildman–Crippen MR) is 64.0 cm³/mol. The molecule has 2 nitrogen and oxygen atoms in total. The predicted octanol–water partition coefficient (Wildman–Crippen LogP) is 2.14. The Hall–Kier alpha value is 0.270. The van der Waals surface area contributed by atoms with Gasteiger partial charge in [0.1, 0.15) is 0 Å². The van der Waals surface area contributed by atoms with Crippen molar-refractivity contribution < 1.29 is 4.74 Å². The minimum absolute atomic E-state index is 0.655. The van der Waals surface area contributed by atoms with Crippen molar-refractivity contribution in [2.75, 3.05) is 31.3 Å². The molecule has 0 radical (unpaired) electrons. The normalized spacial score (nSPS) is 21.0. The highest BCUT2D eigenvalue weighted by Gasteiger charge is 2.14. The molecule has 1 aliphatic heterocycles. The maximum absolute atomic E-state index is 5.34. The van der Waals surface area contributed by atoms with E-state index in [9.17, 15) is 0 Å². The second-order valence-electron chi connectivity index (χ2n) is 4.02. The molecule has 1 unspecified atom stereocenters. The second kappa shape index (κ2) is 7.55. The van der Waals surface area contributed by atoms with E-state index in [1.165, 1.54) is 30.9 Å². The molecule has 0 aliphatic carbocycles. The van der Waals surface area contributed by atoms with Crippen molar-refractivity contribution >= 4 is 11.8 Å². The Morgan fingerprint density at radius 2 is 2.14 bits per heavy atom. The van der Waals surface area contributed by atoms with Crippen molar-refractivity contribution in [3.63, 3.8) is 0 Å². The summed E-state index contributed by atoms with van der Waals surface area (Å²) in [4.78, 5) is 0. The van der Waals surface area contributed by atoms with Crippen molar-refractivity contribution in [1.82, 2.24) is 5.32 Å². The molecule has 14 heavy (non-hydrogen) atoms. The van der Waals surface area contributed by atoms with E-state index in [1.54, 1.807) is 0 Å². The molecule has 1 atom stereocenters. The van der Waals surface area contributed by atoms with Crippen molar-refractivity contribution in [3.05, 3.63) is 0 Å². The molecule has 3 heteroatoms. The molecule has 1 aliphatic rings. The monoisotopic (exact) mass is 217 g/mol. The Balaban J connectivity index is 2.00. The molecule has 1 heterocycles. The summed E-state index contributed by atoms with van der Waals surface area (Å²) in [7, 11) is 0. The highest BCUT2D eigenvalue weighted by molar-refractivity contribution is 7.99. The lowest BCUT2D eigenvalue weighted by Gasteiger charge is -2.24. The quantitative estimate of drug-likeness (QED) is 0.736. The fourth-order valence-corrected chi connectivity index (χ4v) is 2.38. The van der Waals surface area contributed by atoms with Gasteiger partial charge in [0.05, 0.1) is 0 Å². The molecule has 0 spiro atoms.